The Morgan fingerprint density at radius 2 is 2.00 bits per heavy atom. The van der Waals surface area contributed by atoms with Gasteiger partial charge in [0.2, 0.25) is 0 Å². The molecule has 2 bridgehead atoms. The first-order valence-electron chi connectivity index (χ1n) is 3.84. The normalized spacial score (nSPS) is 41.0. The average molecular weight is 176 g/mol. The van der Waals surface area contributed by atoms with Crippen LogP contribution in [0.2, 0.25) is 0 Å². The fraction of sp³-hybridized carbons (Fsp3) is 1.00. The van der Waals surface area contributed by atoms with E-state index in [1.165, 1.54) is 19.3 Å². The summed E-state index contributed by atoms with van der Waals surface area (Å²) in [6.45, 7) is 0.419. The molecule has 0 N–H and O–H groups in total. The van der Waals surface area contributed by atoms with Gasteiger partial charge in [0.05, 0.1) is 12.9 Å². The van der Waals surface area contributed by atoms with Gasteiger partial charge in [-0.1, -0.05) is 0 Å². The summed E-state index contributed by atoms with van der Waals surface area (Å²) in [5, 5.41) is 0. The van der Waals surface area contributed by atoms with E-state index in [9.17, 15) is 8.42 Å². The Balaban J connectivity index is 1.83. The maximum absolute atomic E-state index is 10.6. The minimum absolute atomic E-state index is 0.272. The molecule has 11 heavy (non-hydrogen) atoms. The average Bonchev–Trinajstić information content (AvgIpc) is 1.52. The highest BCUT2D eigenvalue weighted by atomic mass is 32.2. The second-order valence-electron chi connectivity index (χ2n) is 3.94. The van der Waals surface area contributed by atoms with Crippen molar-refractivity contribution in [3.05, 3.63) is 0 Å². The third kappa shape index (κ3) is 1.29. The predicted molar refractivity (Wildman–Crippen MR) is 40.6 cm³/mol. The molecule has 0 spiro atoms. The smallest absolute Gasteiger partial charge is 0.264 e. The maximum atomic E-state index is 10.6. The molecule has 64 valence electrons. The Kier molecular flexibility index (Phi) is 1.36. The van der Waals surface area contributed by atoms with Gasteiger partial charge >= 0.3 is 0 Å². The Morgan fingerprint density at radius 1 is 1.45 bits per heavy atom. The van der Waals surface area contributed by atoms with Crippen molar-refractivity contribution < 1.29 is 12.6 Å². The lowest BCUT2D eigenvalue weighted by atomic mass is 9.45. The largest absolute Gasteiger partial charge is 0.270 e. The second kappa shape index (κ2) is 1.98. The van der Waals surface area contributed by atoms with Crippen molar-refractivity contribution in [1.82, 2.24) is 0 Å². The molecule has 0 unspecified atom stereocenters. The Hall–Kier alpha value is -0.0900. The molecule has 0 saturated heterocycles. The first-order valence-corrected chi connectivity index (χ1v) is 5.65. The third-order valence-electron chi connectivity index (χ3n) is 2.74. The molecule has 0 aromatic carbocycles. The minimum atomic E-state index is -3.21. The van der Waals surface area contributed by atoms with Crippen LogP contribution in [0, 0.1) is 11.3 Å². The second-order valence-corrected chi connectivity index (χ2v) is 5.59. The van der Waals surface area contributed by atoms with Gasteiger partial charge < -0.3 is 0 Å². The Bertz CT molecular complexity index is 250. The van der Waals surface area contributed by atoms with Crippen molar-refractivity contribution in [2.75, 3.05) is 12.9 Å². The van der Waals surface area contributed by atoms with Crippen LogP contribution in [0.5, 0.6) is 0 Å². The van der Waals surface area contributed by atoms with E-state index in [0.717, 1.165) is 12.2 Å². The summed E-state index contributed by atoms with van der Waals surface area (Å²) in [6.07, 6.45) is 4.66. The summed E-state index contributed by atoms with van der Waals surface area (Å²) < 4.78 is 26.0. The van der Waals surface area contributed by atoms with E-state index in [0.29, 0.717) is 6.61 Å². The molecular formula is C7H12O3S. The highest BCUT2D eigenvalue weighted by Crippen LogP contribution is 2.64. The topological polar surface area (TPSA) is 43.4 Å². The Labute approximate surface area is 66.9 Å². The molecule has 3 fully saturated rings. The highest BCUT2D eigenvalue weighted by molar-refractivity contribution is 7.85. The molecule has 0 radical (unpaired) electrons. The van der Waals surface area contributed by atoms with Crippen LogP contribution in [-0.4, -0.2) is 21.3 Å². The van der Waals surface area contributed by atoms with Crippen molar-refractivity contribution in [2.24, 2.45) is 11.3 Å². The molecule has 3 saturated carbocycles. The SMILES string of the molecule is CS(=O)(=O)OCC12CC(C1)C2. The van der Waals surface area contributed by atoms with E-state index in [1.54, 1.807) is 0 Å². The van der Waals surface area contributed by atoms with Crippen LogP contribution in [0.3, 0.4) is 0 Å². The van der Waals surface area contributed by atoms with Crippen molar-refractivity contribution in [2.45, 2.75) is 19.3 Å². The lowest BCUT2D eigenvalue weighted by Crippen LogP contribution is -2.54. The highest BCUT2D eigenvalue weighted by Gasteiger charge is 2.56. The van der Waals surface area contributed by atoms with Gasteiger partial charge in [0, 0.05) is 0 Å². The summed E-state index contributed by atoms with van der Waals surface area (Å²) in [5.41, 5.74) is 0.272. The number of hydrogen-bond acceptors (Lipinski definition) is 3. The van der Waals surface area contributed by atoms with Gasteiger partial charge in [-0.2, -0.15) is 8.42 Å². The quantitative estimate of drug-likeness (QED) is 0.596. The van der Waals surface area contributed by atoms with Crippen LogP contribution in [0.1, 0.15) is 19.3 Å². The molecule has 0 aromatic heterocycles. The molecule has 0 amide bonds. The summed E-state index contributed by atoms with van der Waals surface area (Å²) in [6, 6.07) is 0. The van der Waals surface area contributed by atoms with Crippen molar-refractivity contribution in [3.8, 4) is 0 Å². The van der Waals surface area contributed by atoms with E-state index >= 15 is 0 Å². The lowest BCUT2D eigenvalue weighted by Gasteiger charge is -2.61. The first kappa shape index (κ1) is 7.55. The summed E-state index contributed by atoms with van der Waals surface area (Å²) in [7, 11) is -3.21. The van der Waals surface area contributed by atoms with E-state index in [1.807, 2.05) is 0 Å². The monoisotopic (exact) mass is 176 g/mol. The fourth-order valence-corrected chi connectivity index (χ4v) is 2.53. The Morgan fingerprint density at radius 3 is 2.27 bits per heavy atom. The molecule has 0 heterocycles. The molecule has 3 aliphatic rings. The van der Waals surface area contributed by atoms with Crippen molar-refractivity contribution in [3.63, 3.8) is 0 Å². The van der Waals surface area contributed by atoms with Gasteiger partial charge in [0.1, 0.15) is 0 Å². The standard InChI is InChI=1S/C7H12O3S/c1-11(8,9)10-5-7-2-6(3-7)4-7/h6H,2-5H2,1H3. The van der Waals surface area contributed by atoms with Crippen molar-refractivity contribution in [1.29, 1.82) is 0 Å². The number of rotatable bonds is 3. The van der Waals surface area contributed by atoms with Gasteiger partial charge in [-0.15, -0.1) is 0 Å². The third-order valence-corrected chi connectivity index (χ3v) is 3.29. The predicted octanol–water partition coefficient (Wildman–Crippen LogP) is 0.763. The van der Waals surface area contributed by atoms with Gasteiger partial charge in [0.25, 0.3) is 10.1 Å². The summed E-state index contributed by atoms with van der Waals surface area (Å²) in [5.74, 6) is 0.887. The van der Waals surface area contributed by atoms with Gasteiger partial charge in [-0.3, -0.25) is 4.18 Å². The molecule has 3 aliphatic carbocycles. The van der Waals surface area contributed by atoms with Crippen LogP contribution in [0.25, 0.3) is 0 Å². The molecule has 0 atom stereocenters. The lowest BCUT2D eigenvalue weighted by molar-refractivity contribution is -0.130. The van der Waals surface area contributed by atoms with Crippen LogP contribution in [-0.2, 0) is 14.3 Å². The van der Waals surface area contributed by atoms with Gasteiger partial charge in [-0.25, -0.2) is 0 Å². The fourth-order valence-electron chi connectivity index (χ4n) is 2.07. The van der Waals surface area contributed by atoms with Crippen LogP contribution in [0.15, 0.2) is 0 Å². The van der Waals surface area contributed by atoms with Gasteiger partial charge in [-0.05, 0) is 30.6 Å². The zero-order chi connectivity index (χ0) is 8.11. The minimum Gasteiger partial charge on any atom is -0.270 e. The zero-order valence-corrected chi connectivity index (χ0v) is 7.36. The van der Waals surface area contributed by atoms with Crippen LogP contribution < -0.4 is 0 Å². The zero-order valence-electron chi connectivity index (χ0n) is 6.54. The van der Waals surface area contributed by atoms with E-state index in [2.05, 4.69) is 0 Å². The first-order chi connectivity index (χ1) is 4.99. The van der Waals surface area contributed by atoms with E-state index in [4.69, 9.17) is 4.18 Å². The molecular weight excluding hydrogens is 164 g/mol. The molecule has 0 aromatic rings. The summed E-state index contributed by atoms with van der Waals surface area (Å²) >= 11 is 0. The summed E-state index contributed by atoms with van der Waals surface area (Å²) in [4.78, 5) is 0. The van der Waals surface area contributed by atoms with E-state index in [-0.39, 0.29) is 5.41 Å². The molecule has 0 aliphatic heterocycles. The van der Waals surface area contributed by atoms with E-state index < -0.39 is 10.1 Å². The molecule has 3 rings (SSSR count). The number of hydrogen-bond donors (Lipinski definition) is 0. The molecule has 3 nitrogen and oxygen atoms in total. The van der Waals surface area contributed by atoms with Crippen LogP contribution in [0.4, 0.5) is 0 Å². The van der Waals surface area contributed by atoms with Gasteiger partial charge in [0.15, 0.2) is 0 Å². The van der Waals surface area contributed by atoms with Crippen molar-refractivity contribution >= 4 is 10.1 Å². The molecule has 4 heteroatoms. The van der Waals surface area contributed by atoms with Crippen LogP contribution >= 0.6 is 0 Å². The maximum Gasteiger partial charge on any atom is 0.264 e.